The van der Waals surface area contributed by atoms with Gasteiger partial charge in [-0.05, 0) is 0 Å². The molecule has 0 saturated heterocycles. The molecule has 1 aromatic carbocycles. The topological polar surface area (TPSA) is 0 Å². The van der Waals surface area contributed by atoms with Gasteiger partial charge in [0.05, 0.1) is 0 Å². The summed E-state index contributed by atoms with van der Waals surface area (Å²) < 4.78 is 3.02. The van der Waals surface area contributed by atoms with Gasteiger partial charge in [-0.15, -0.1) is 0 Å². The number of hydrogen-bond donors (Lipinski definition) is 0. The molecule has 0 saturated carbocycles. The van der Waals surface area contributed by atoms with Crippen LogP contribution in [0.1, 0.15) is 0 Å². The van der Waals surface area contributed by atoms with E-state index in [1.54, 1.807) is 0 Å². The summed E-state index contributed by atoms with van der Waals surface area (Å²) in [6.45, 7) is 15.1. The van der Waals surface area contributed by atoms with Crippen molar-refractivity contribution < 1.29 is 0 Å². The van der Waals surface area contributed by atoms with Gasteiger partial charge in [0.15, 0.2) is 0 Å². The van der Waals surface area contributed by atoms with E-state index in [2.05, 4.69) is 72.2 Å². The molecule has 0 N–H and O–H groups in total. The van der Waals surface area contributed by atoms with Crippen molar-refractivity contribution >= 4 is 78.3 Å². The first-order valence-corrected chi connectivity index (χ1v) is 32.1. The van der Waals surface area contributed by atoms with Gasteiger partial charge in [0.1, 0.15) is 0 Å². The molecule has 0 aliphatic rings. The van der Waals surface area contributed by atoms with Gasteiger partial charge >= 0.3 is 199 Å². The summed E-state index contributed by atoms with van der Waals surface area (Å²) in [6, 6.07) is 9.42. The number of benzene rings is 1. The van der Waals surface area contributed by atoms with Crippen molar-refractivity contribution in [3.8, 4) is 0 Å². The normalized spacial score (nSPS) is 12.1. The van der Waals surface area contributed by atoms with Crippen LogP contribution in [0.2, 0.25) is 0 Å². The third kappa shape index (κ3) is 11.5. The zero-order valence-corrected chi connectivity index (χ0v) is 25.8. The third-order valence-corrected chi connectivity index (χ3v) is 41.3. The van der Waals surface area contributed by atoms with E-state index in [9.17, 15) is 0 Å². The Hall–Kier alpha value is 0.306. The quantitative estimate of drug-likeness (QED) is 0.149. The Morgan fingerprint density at radius 2 is 0.750 bits per heavy atom. The van der Waals surface area contributed by atoms with Gasteiger partial charge in [-0.1, -0.05) is 0 Å². The molecular formula is C22H24Bi2S4. The average Bonchev–Trinajstić information content (AvgIpc) is 2.72. The summed E-state index contributed by atoms with van der Waals surface area (Å²) in [5.74, 6) is 0. The second-order valence-corrected chi connectivity index (χ2v) is 41.4. The minimum atomic E-state index is -1.96. The second-order valence-electron chi connectivity index (χ2n) is 4.71. The standard InChI is InChI=1S/C6H4.4C4H6S.2Bi/c1-2-4-6-5-3-1;4*1-2-3-4-5;;/h1-2,5-6H;4*2-5H,1H2;;/q;;;;;2*+2/p-4. The molecule has 0 atom stereocenters. The monoisotopic (exact) mass is 834 g/mol. The van der Waals surface area contributed by atoms with E-state index in [1.807, 2.05) is 82.7 Å². The molecule has 6 heteroatoms. The molecule has 1 aromatic rings. The van der Waals surface area contributed by atoms with Crippen LogP contribution in [0.3, 0.4) is 0 Å². The molecule has 0 amide bonds. The third-order valence-electron chi connectivity index (χ3n) is 2.76. The Morgan fingerprint density at radius 1 is 0.500 bits per heavy atom. The molecule has 0 aromatic heterocycles. The molecule has 0 heterocycles. The second kappa shape index (κ2) is 18.1. The van der Waals surface area contributed by atoms with Gasteiger partial charge in [0.25, 0.3) is 0 Å². The molecular weight excluding hydrogens is 810 g/mol. The van der Waals surface area contributed by atoms with Crippen LogP contribution in [0.25, 0.3) is 0 Å². The summed E-state index contributed by atoms with van der Waals surface area (Å²) in [5.41, 5.74) is 0. The zero-order valence-electron chi connectivity index (χ0n) is 15.6. The van der Waals surface area contributed by atoms with Crippen LogP contribution in [0.4, 0.5) is 0 Å². The van der Waals surface area contributed by atoms with Crippen LogP contribution in [-0.4, -0.2) is 37.6 Å². The maximum atomic E-state index is 3.77. The maximum absolute atomic E-state index is 3.77. The van der Waals surface area contributed by atoms with Crippen molar-refractivity contribution in [3.05, 3.63) is 121 Å². The van der Waals surface area contributed by atoms with Crippen LogP contribution < -0.4 is 6.54 Å². The van der Waals surface area contributed by atoms with E-state index in [4.69, 9.17) is 0 Å². The number of rotatable bonds is 14. The van der Waals surface area contributed by atoms with E-state index in [0.29, 0.717) is 0 Å². The van der Waals surface area contributed by atoms with Gasteiger partial charge in [-0.2, -0.15) is 0 Å². The average molecular weight is 835 g/mol. The Bertz CT molecular complexity index is 630. The molecule has 0 spiro atoms. The van der Waals surface area contributed by atoms with Crippen molar-refractivity contribution in [1.82, 2.24) is 0 Å². The first-order chi connectivity index (χ1) is 13.8. The Morgan fingerprint density at radius 3 is 0.964 bits per heavy atom. The van der Waals surface area contributed by atoms with Crippen LogP contribution >= 0.6 is 34.1 Å². The van der Waals surface area contributed by atoms with Gasteiger partial charge < -0.3 is 0 Å². The minimum absolute atomic E-state index is 1.51. The first kappa shape index (κ1) is 26.3. The molecule has 146 valence electrons. The van der Waals surface area contributed by atoms with E-state index < -0.39 is 37.6 Å². The van der Waals surface area contributed by atoms with Crippen molar-refractivity contribution in [3.63, 3.8) is 0 Å². The van der Waals surface area contributed by atoms with Crippen LogP contribution in [0, 0.1) is 0 Å². The van der Waals surface area contributed by atoms with E-state index in [0.717, 1.165) is 0 Å². The van der Waals surface area contributed by atoms with Crippen LogP contribution in [0.5, 0.6) is 0 Å². The number of allylic oxidation sites excluding steroid dienone is 8. The molecule has 0 radical (unpaired) electrons. The Kier molecular flexibility index (Phi) is 17.0. The molecule has 0 aliphatic heterocycles. The molecule has 28 heavy (non-hydrogen) atoms. The first-order valence-electron chi connectivity index (χ1n) is 8.24. The molecule has 1 rings (SSSR count). The zero-order chi connectivity index (χ0) is 20.5. The Balaban J connectivity index is 2.98. The van der Waals surface area contributed by atoms with E-state index >= 15 is 0 Å². The van der Waals surface area contributed by atoms with Crippen LogP contribution in [0.15, 0.2) is 121 Å². The summed E-state index contributed by atoms with van der Waals surface area (Å²) in [7, 11) is 7.95. The van der Waals surface area contributed by atoms with Gasteiger partial charge in [-0.25, -0.2) is 0 Å². The summed E-state index contributed by atoms with van der Waals surface area (Å²) in [6.07, 6.45) is 15.4. The fourth-order valence-corrected chi connectivity index (χ4v) is 33.8. The molecule has 0 bridgehead atoms. The summed E-state index contributed by atoms with van der Waals surface area (Å²) in [5, 5.41) is 8.73. The van der Waals surface area contributed by atoms with Crippen molar-refractivity contribution in [2.45, 2.75) is 0 Å². The van der Waals surface area contributed by atoms with Gasteiger partial charge in [-0.3, -0.25) is 0 Å². The molecule has 0 nitrogen and oxygen atoms in total. The van der Waals surface area contributed by atoms with Crippen LogP contribution in [-0.2, 0) is 0 Å². The summed E-state index contributed by atoms with van der Waals surface area (Å²) in [4.78, 5) is 0. The predicted octanol–water partition coefficient (Wildman–Crippen LogP) is 6.81. The SMILES string of the molecule is C=CC=C[S][Bi]([S]C=CC=C)[c]1cc[c]([Bi]([S]C=CC=C)[S]C=CC=C)cc1. The van der Waals surface area contributed by atoms with Gasteiger partial charge in [0.2, 0.25) is 0 Å². The van der Waals surface area contributed by atoms with Gasteiger partial charge in [0, 0.05) is 0 Å². The fourth-order valence-electron chi connectivity index (χ4n) is 1.57. The Labute approximate surface area is 196 Å². The van der Waals surface area contributed by atoms with Crippen molar-refractivity contribution in [1.29, 1.82) is 0 Å². The van der Waals surface area contributed by atoms with E-state index in [1.165, 1.54) is 6.54 Å². The molecule has 0 fully saturated rings. The molecule has 0 aliphatic carbocycles. The number of hydrogen-bond acceptors (Lipinski definition) is 4. The van der Waals surface area contributed by atoms with Crippen molar-refractivity contribution in [2.75, 3.05) is 0 Å². The molecule has 0 unspecified atom stereocenters. The summed E-state index contributed by atoms with van der Waals surface area (Å²) >= 11 is -3.93. The predicted molar refractivity (Wildman–Crippen MR) is 145 cm³/mol. The van der Waals surface area contributed by atoms with Crippen molar-refractivity contribution in [2.24, 2.45) is 0 Å². The fraction of sp³-hybridized carbons (Fsp3) is 0. The van der Waals surface area contributed by atoms with E-state index in [-0.39, 0.29) is 0 Å².